The van der Waals surface area contributed by atoms with E-state index in [1.807, 2.05) is 0 Å². The Hall–Kier alpha value is -2.31. The molecular formula is C11H15FN4O2. The van der Waals surface area contributed by atoms with Crippen molar-refractivity contribution in [2.45, 2.75) is 19.4 Å². The molecule has 0 aliphatic heterocycles. The summed E-state index contributed by atoms with van der Waals surface area (Å²) >= 11 is 0. The van der Waals surface area contributed by atoms with E-state index in [0.717, 1.165) is 0 Å². The van der Waals surface area contributed by atoms with Crippen molar-refractivity contribution in [3.63, 3.8) is 0 Å². The summed E-state index contributed by atoms with van der Waals surface area (Å²) in [4.78, 5) is 11.6. The van der Waals surface area contributed by atoms with Crippen LogP contribution >= 0.6 is 0 Å². The van der Waals surface area contributed by atoms with Crippen LogP contribution in [0.25, 0.3) is 0 Å². The average Bonchev–Trinajstić information content (AvgIpc) is 2.35. The second kappa shape index (κ2) is 6.43. The fraction of sp³-hybridized carbons (Fsp3) is 0.273. The lowest BCUT2D eigenvalue weighted by Gasteiger charge is -2.15. The Balaban J connectivity index is 2.61. The van der Waals surface area contributed by atoms with Gasteiger partial charge in [0.2, 0.25) is 0 Å². The molecule has 0 aliphatic carbocycles. The standard InChI is InChI=1S/C11H15FN4O2/c1-2-9(10(13)16-18)15-11(17)14-8-5-3-4-7(12)6-8/h3-6,9,18H,2H2,1H3,(H2,13,16)(H2,14,15,17). The van der Waals surface area contributed by atoms with Crippen molar-refractivity contribution in [1.29, 1.82) is 0 Å². The molecular weight excluding hydrogens is 239 g/mol. The number of amides is 2. The number of urea groups is 1. The molecule has 0 heterocycles. The third-order valence-electron chi connectivity index (χ3n) is 2.27. The van der Waals surface area contributed by atoms with Crippen LogP contribution in [0.4, 0.5) is 14.9 Å². The third kappa shape index (κ3) is 3.93. The van der Waals surface area contributed by atoms with Crippen LogP contribution in [0.15, 0.2) is 29.4 Å². The number of anilines is 1. The highest BCUT2D eigenvalue weighted by Crippen LogP contribution is 2.08. The highest BCUT2D eigenvalue weighted by atomic mass is 19.1. The lowest BCUT2D eigenvalue weighted by Crippen LogP contribution is -2.45. The van der Waals surface area contributed by atoms with E-state index >= 15 is 0 Å². The van der Waals surface area contributed by atoms with Gasteiger partial charge in [-0.1, -0.05) is 18.1 Å². The first-order valence-corrected chi connectivity index (χ1v) is 5.37. The molecule has 0 aliphatic rings. The number of hydrogen-bond acceptors (Lipinski definition) is 3. The van der Waals surface area contributed by atoms with Crippen LogP contribution in [-0.2, 0) is 0 Å². The summed E-state index contributed by atoms with van der Waals surface area (Å²) in [6, 6.07) is 4.35. The van der Waals surface area contributed by atoms with Gasteiger partial charge in [0, 0.05) is 5.69 Å². The number of hydrogen-bond donors (Lipinski definition) is 4. The number of benzene rings is 1. The SMILES string of the molecule is CCC(NC(=O)Nc1cccc(F)c1)/C(N)=N/O. The average molecular weight is 254 g/mol. The van der Waals surface area contributed by atoms with Gasteiger partial charge >= 0.3 is 6.03 Å². The summed E-state index contributed by atoms with van der Waals surface area (Å²) in [5.74, 6) is -0.539. The van der Waals surface area contributed by atoms with Gasteiger partial charge in [-0.3, -0.25) is 0 Å². The van der Waals surface area contributed by atoms with Crippen LogP contribution in [0.3, 0.4) is 0 Å². The highest BCUT2D eigenvalue weighted by Gasteiger charge is 2.14. The summed E-state index contributed by atoms with van der Waals surface area (Å²) in [5, 5.41) is 16.3. The lowest BCUT2D eigenvalue weighted by atomic mass is 10.2. The quantitative estimate of drug-likeness (QED) is 0.283. The Morgan fingerprint density at radius 1 is 1.61 bits per heavy atom. The molecule has 0 bridgehead atoms. The van der Waals surface area contributed by atoms with Gasteiger partial charge in [-0.25, -0.2) is 9.18 Å². The van der Waals surface area contributed by atoms with Gasteiger partial charge in [0.15, 0.2) is 5.84 Å². The third-order valence-corrected chi connectivity index (χ3v) is 2.27. The predicted octanol–water partition coefficient (Wildman–Crippen LogP) is 1.47. The van der Waals surface area contributed by atoms with Gasteiger partial charge in [-0.05, 0) is 24.6 Å². The van der Waals surface area contributed by atoms with Crippen molar-refractivity contribution < 1.29 is 14.4 Å². The molecule has 1 aromatic carbocycles. The first-order chi connectivity index (χ1) is 8.56. The molecule has 6 nitrogen and oxygen atoms in total. The molecule has 1 atom stereocenters. The van der Waals surface area contributed by atoms with Crippen molar-refractivity contribution in [3.05, 3.63) is 30.1 Å². The number of halogens is 1. The minimum atomic E-state index is -0.580. The largest absolute Gasteiger partial charge is 0.409 e. The van der Waals surface area contributed by atoms with E-state index in [0.29, 0.717) is 12.1 Å². The second-order valence-electron chi connectivity index (χ2n) is 3.59. The van der Waals surface area contributed by atoms with E-state index in [9.17, 15) is 9.18 Å². The molecule has 0 fully saturated rings. The van der Waals surface area contributed by atoms with E-state index < -0.39 is 17.9 Å². The number of oxime groups is 1. The van der Waals surface area contributed by atoms with Crippen molar-refractivity contribution in [2.75, 3.05) is 5.32 Å². The number of nitrogens with one attached hydrogen (secondary N) is 2. The van der Waals surface area contributed by atoms with E-state index in [1.165, 1.54) is 18.2 Å². The van der Waals surface area contributed by atoms with Crippen LogP contribution in [0.5, 0.6) is 0 Å². The predicted molar refractivity (Wildman–Crippen MR) is 66.0 cm³/mol. The van der Waals surface area contributed by atoms with E-state index in [1.54, 1.807) is 13.0 Å². The van der Waals surface area contributed by atoms with Crippen LogP contribution in [0.2, 0.25) is 0 Å². The molecule has 0 saturated heterocycles. The van der Waals surface area contributed by atoms with E-state index in [4.69, 9.17) is 10.9 Å². The van der Waals surface area contributed by atoms with Gasteiger partial charge in [0.1, 0.15) is 5.82 Å². The van der Waals surface area contributed by atoms with Crippen molar-refractivity contribution in [3.8, 4) is 0 Å². The normalized spacial score (nSPS) is 12.9. The molecule has 98 valence electrons. The maximum absolute atomic E-state index is 12.9. The second-order valence-corrected chi connectivity index (χ2v) is 3.59. The van der Waals surface area contributed by atoms with Gasteiger partial charge in [-0.2, -0.15) is 0 Å². The van der Waals surface area contributed by atoms with Gasteiger partial charge < -0.3 is 21.6 Å². The smallest absolute Gasteiger partial charge is 0.319 e. The molecule has 0 spiro atoms. The summed E-state index contributed by atoms with van der Waals surface area (Å²) in [6.07, 6.45) is 0.465. The Bertz CT molecular complexity index is 450. The number of nitrogens with zero attached hydrogens (tertiary/aromatic N) is 1. The Morgan fingerprint density at radius 2 is 2.33 bits per heavy atom. The van der Waals surface area contributed by atoms with Crippen molar-refractivity contribution >= 4 is 17.6 Å². The Morgan fingerprint density at radius 3 is 2.89 bits per heavy atom. The fourth-order valence-electron chi connectivity index (χ4n) is 1.35. The van der Waals surface area contributed by atoms with Crippen LogP contribution < -0.4 is 16.4 Å². The number of rotatable bonds is 4. The molecule has 0 radical (unpaired) electrons. The molecule has 0 aromatic heterocycles. The molecule has 1 aromatic rings. The molecule has 5 N–H and O–H groups in total. The molecule has 18 heavy (non-hydrogen) atoms. The summed E-state index contributed by atoms with van der Waals surface area (Å²) < 4.78 is 12.9. The Kier molecular flexibility index (Phi) is 4.91. The maximum Gasteiger partial charge on any atom is 0.319 e. The highest BCUT2D eigenvalue weighted by molar-refractivity contribution is 5.94. The maximum atomic E-state index is 12.9. The summed E-state index contributed by atoms with van der Waals surface area (Å²) in [6.45, 7) is 1.77. The Labute approximate surface area is 104 Å². The first kappa shape index (κ1) is 13.8. The molecule has 0 saturated carbocycles. The number of amidine groups is 1. The van der Waals surface area contributed by atoms with E-state index in [2.05, 4.69) is 15.8 Å². The molecule has 1 unspecified atom stereocenters. The molecule has 7 heteroatoms. The number of carbonyl (C=O) groups excluding carboxylic acids is 1. The first-order valence-electron chi connectivity index (χ1n) is 5.37. The molecule has 1 rings (SSSR count). The van der Waals surface area contributed by atoms with Crippen LogP contribution in [-0.4, -0.2) is 23.1 Å². The molecule has 2 amide bonds. The van der Waals surface area contributed by atoms with E-state index in [-0.39, 0.29) is 5.84 Å². The van der Waals surface area contributed by atoms with Crippen LogP contribution in [0, 0.1) is 5.82 Å². The van der Waals surface area contributed by atoms with Gasteiger partial charge in [-0.15, -0.1) is 0 Å². The minimum Gasteiger partial charge on any atom is -0.409 e. The zero-order valence-electron chi connectivity index (χ0n) is 9.85. The van der Waals surface area contributed by atoms with Crippen molar-refractivity contribution in [2.24, 2.45) is 10.9 Å². The number of carbonyl (C=O) groups is 1. The lowest BCUT2D eigenvalue weighted by molar-refractivity contribution is 0.250. The summed E-state index contributed by atoms with van der Waals surface area (Å²) in [7, 11) is 0. The van der Waals surface area contributed by atoms with Gasteiger partial charge in [0.05, 0.1) is 6.04 Å². The minimum absolute atomic E-state index is 0.0908. The topological polar surface area (TPSA) is 99.7 Å². The zero-order chi connectivity index (χ0) is 13.5. The van der Waals surface area contributed by atoms with Gasteiger partial charge in [0.25, 0.3) is 0 Å². The monoisotopic (exact) mass is 254 g/mol. The fourth-order valence-corrected chi connectivity index (χ4v) is 1.35. The number of nitrogens with two attached hydrogens (primary N) is 1. The van der Waals surface area contributed by atoms with Crippen LogP contribution in [0.1, 0.15) is 13.3 Å². The zero-order valence-corrected chi connectivity index (χ0v) is 9.85. The van der Waals surface area contributed by atoms with Crippen molar-refractivity contribution in [1.82, 2.24) is 5.32 Å². The summed E-state index contributed by atoms with van der Waals surface area (Å²) in [5.41, 5.74) is 5.71.